The topological polar surface area (TPSA) is 66.8 Å². The number of ether oxygens (including phenoxy) is 1. The highest BCUT2D eigenvalue weighted by atomic mass is 35.5. The third-order valence-electron chi connectivity index (χ3n) is 7.35. The lowest BCUT2D eigenvalue weighted by Crippen LogP contribution is -2.39. The molecule has 2 N–H and O–H groups in total. The Bertz CT molecular complexity index is 905. The molecule has 0 aromatic heterocycles. The maximum atomic E-state index is 13.6. The minimum absolute atomic E-state index is 0.0445. The highest BCUT2D eigenvalue weighted by molar-refractivity contribution is 6.29. The second-order valence-electron chi connectivity index (χ2n) is 9.77. The van der Waals surface area contributed by atoms with Crippen molar-refractivity contribution in [3.8, 4) is 0 Å². The fourth-order valence-corrected chi connectivity index (χ4v) is 5.44. The van der Waals surface area contributed by atoms with Gasteiger partial charge in [-0.25, -0.2) is 4.39 Å². The summed E-state index contributed by atoms with van der Waals surface area (Å²) in [5, 5.41) is 20.2. The average molecular weight is 491 g/mol. The van der Waals surface area contributed by atoms with Crippen LogP contribution in [-0.2, 0) is 14.9 Å². The van der Waals surface area contributed by atoms with Crippen molar-refractivity contribution in [1.82, 2.24) is 0 Å². The summed E-state index contributed by atoms with van der Waals surface area (Å²) in [4.78, 5) is 10.7. The average Bonchev–Trinajstić information content (AvgIpc) is 3.36. The van der Waals surface area contributed by atoms with Crippen LogP contribution in [0.3, 0.4) is 0 Å². The Balaban J connectivity index is 1.77. The number of allylic oxidation sites excluding steroid dienone is 4. The number of aliphatic hydroxyl groups excluding tert-OH is 1. The van der Waals surface area contributed by atoms with Gasteiger partial charge in [0, 0.05) is 22.8 Å². The molecule has 186 valence electrons. The molecule has 0 spiro atoms. The van der Waals surface area contributed by atoms with E-state index in [9.17, 15) is 14.3 Å². The van der Waals surface area contributed by atoms with Gasteiger partial charge in [-0.2, -0.15) is 0 Å². The first-order valence-electron chi connectivity index (χ1n) is 12.2. The molecular formula is C28H36ClFO4. The van der Waals surface area contributed by atoms with E-state index < -0.39 is 12.1 Å². The van der Waals surface area contributed by atoms with Gasteiger partial charge >= 0.3 is 5.97 Å². The number of carboxylic acids is 1. The number of carbonyl (C=O) groups is 1. The van der Waals surface area contributed by atoms with Crippen molar-refractivity contribution in [1.29, 1.82) is 0 Å². The standard InChI is InChI=1S/C28H36ClFO4/c1-19(9-10-20(2)29)25(31)16-15-23-24(7-5-3-4-6-8-27(32)33)28(17-26(23)34-18-28)21-11-13-22(30)14-12-21/h3,5,10-16,19,23-26,31H,4,6-9,17-18H2,1-2H3,(H,32,33)/b5-3-,16-15+,20-10?/t19?,23-,24-,25+,26-,28-/m0/s1. The van der Waals surface area contributed by atoms with Crippen molar-refractivity contribution in [3.63, 3.8) is 0 Å². The van der Waals surface area contributed by atoms with Crippen molar-refractivity contribution in [2.24, 2.45) is 17.8 Å². The summed E-state index contributed by atoms with van der Waals surface area (Å²) in [5.41, 5.74) is 0.890. The second-order valence-corrected chi connectivity index (χ2v) is 10.4. The third-order valence-corrected chi connectivity index (χ3v) is 7.50. The highest BCUT2D eigenvalue weighted by Crippen LogP contribution is 2.57. The molecule has 34 heavy (non-hydrogen) atoms. The molecule has 2 bridgehead atoms. The van der Waals surface area contributed by atoms with Gasteiger partial charge in [0.25, 0.3) is 0 Å². The zero-order chi connectivity index (χ0) is 24.7. The van der Waals surface area contributed by atoms with E-state index in [1.54, 1.807) is 0 Å². The summed E-state index contributed by atoms with van der Waals surface area (Å²) in [7, 11) is 0. The normalized spacial score (nSPS) is 28.7. The van der Waals surface area contributed by atoms with Gasteiger partial charge in [-0.15, -0.1) is 0 Å². The van der Waals surface area contributed by atoms with Gasteiger partial charge in [-0.1, -0.05) is 61.0 Å². The molecule has 1 saturated heterocycles. The van der Waals surface area contributed by atoms with Crippen LogP contribution >= 0.6 is 11.6 Å². The summed E-state index contributed by atoms with van der Waals surface area (Å²) in [6.07, 6.45) is 13.5. The lowest BCUT2D eigenvalue weighted by molar-refractivity contribution is -0.137. The predicted molar refractivity (Wildman–Crippen MR) is 133 cm³/mol. The molecule has 6 heteroatoms. The quantitative estimate of drug-likeness (QED) is 0.263. The number of benzene rings is 1. The van der Waals surface area contributed by atoms with Crippen LogP contribution in [0.4, 0.5) is 4.39 Å². The number of aliphatic carboxylic acids is 1. The predicted octanol–water partition coefficient (Wildman–Crippen LogP) is 6.39. The molecule has 6 atom stereocenters. The third kappa shape index (κ3) is 6.59. The minimum Gasteiger partial charge on any atom is -0.481 e. The molecule has 1 saturated carbocycles. The lowest BCUT2D eigenvalue weighted by atomic mass is 9.69. The summed E-state index contributed by atoms with van der Waals surface area (Å²) in [6.45, 7) is 4.43. The van der Waals surface area contributed by atoms with E-state index in [-0.39, 0.29) is 41.5 Å². The Morgan fingerprint density at radius 2 is 2.06 bits per heavy atom. The molecule has 1 heterocycles. The number of unbranched alkanes of at least 4 members (excludes halogenated alkanes) is 1. The van der Waals surface area contributed by atoms with Crippen molar-refractivity contribution in [2.45, 2.75) is 70.0 Å². The Kier molecular flexibility index (Phi) is 9.52. The number of hydrogen-bond acceptors (Lipinski definition) is 3. The van der Waals surface area contributed by atoms with Crippen LogP contribution in [0.2, 0.25) is 0 Å². The van der Waals surface area contributed by atoms with E-state index >= 15 is 0 Å². The van der Waals surface area contributed by atoms with Crippen LogP contribution in [0.1, 0.15) is 57.9 Å². The van der Waals surface area contributed by atoms with Gasteiger partial charge in [0.15, 0.2) is 0 Å². The van der Waals surface area contributed by atoms with Crippen LogP contribution in [-0.4, -0.2) is 35.0 Å². The zero-order valence-electron chi connectivity index (χ0n) is 20.0. The van der Waals surface area contributed by atoms with Crippen molar-refractivity contribution in [2.75, 3.05) is 6.61 Å². The number of fused-ring (bicyclic) bond motifs is 2. The fraction of sp³-hybridized carbons (Fsp3) is 0.536. The number of hydrogen-bond donors (Lipinski definition) is 2. The largest absolute Gasteiger partial charge is 0.481 e. The fourth-order valence-electron chi connectivity index (χ4n) is 5.35. The van der Waals surface area contributed by atoms with Gasteiger partial charge in [0.2, 0.25) is 0 Å². The maximum Gasteiger partial charge on any atom is 0.303 e. The Morgan fingerprint density at radius 3 is 2.74 bits per heavy atom. The number of halogens is 2. The number of rotatable bonds is 12. The minimum atomic E-state index is -0.774. The van der Waals surface area contributed by atoms with E-state index in [1.165, 1.54) is 12.1 Å². The van der Waals surface area contributed by atoms with E-state index in [1.807, 2.05) is 38.1 Å². The zero-order valence-corrected chi connectivity index (χ0v) is 20.8. The Hall–Kier alpha value is -1.95. The van der Waals surface area contributed by atoms with Crippen LogP contribution in [0.25, 0.3) is 0 Å². The molecule has 2 aliphatic rings. The van der Waals surface area contributed by atoms with E-state index in [0.29, 0.717) is 19.4 Å². The molecule has 3 rings (SSSR count). The molecule has 4 nitrogen and oxygen atoms in total. The Labute approximate surface area is 207 Å². The Morgan fingerprint density at radius 1 is 1.32 bits per heavy atom. The first kappa shape index (κ1) is 26.7. The monoisotopic (exact) mass is 490 g/mol. The lowest BCUT2D eigenvalue weighted by Gasteiger charge is -2.38. The van der Waals surface area contributed by atoms with Crippen LogP contribution < -0.4 is 0 Å². The van der Waals surface area contributed by atoms with Gasteiger partial charge in [-0.3, -0.25) is 4.79 Å². The smallest absolute Gasteiger partial charge is 0.303 e. The van der Waals surface area contributed by atoms with Gasteiger partial charge in [0.05, 0.1) is 18.8 Å². The van der Waals surface area contributed by atoms with Crippen molar-refractivity contribution in [3.05, 3.63) is 71.1 Å². The molecule has 1 aromatic rings. The first-order chi connectivity index (χ1) is 16.2. The summed E-state index contributed by atoms with van der Waals surface area (Å²) in [5.74, 6) is -0.601. The van der Waals surface area contributed by atoms with Gasteiger partial charge in [0.1, 0.15) is 5.82 Å². The van der Waals surface area contributed by atoms with Gasteiger partial charge < -0.3 is 14.9 Å². The molecular weight excluding hydrogens is 455 g/mol. The second kappa shape index (κ2) is 12.1. The van der Waals surface area contributed by atoms with Crippen LogP contribution in [0, 0.1) is 23.6 Å². The molecule has 1 aliphatic heterocycles. The SMILES string of the molecule is CC(Cl)=CCC(C)[C@H](O)/C=C/[C@@H]1[C@@H]2C[C@@](c3ccc(F)cc3)(CO2)[C@H]1C/C=C\CCCC(=O)O. The number of aliphatic hydroxyl groups is 1. The maximum absolute atomic E-state index is 13.6. The van der Waals surface area contributed by atoms with E-state index in [4.69, 9.17) is 21.4 Å². The summed E-state index contributed by atoms with van der Waals surface area (Å²) in [6, 6.07) is 6.76. The van der Waals surface area contributed by atoms with E-state index in [2.05, 4.69) is 18.2 Å². The highest BCUT2D eigenvalue weighted by Gasteiger charge is 2.58. The molecule has 1 aliphatic carbocycles. The summed E-state index contributed by atoms with van der Waals surface area (Å²) < 4.78 is 19.8. The van der Waals surface area contributed by atoms with Gasteiger partial charge in [-0.05, 0) is 68.6 Å². The molecule has 1 unspecified atom stereocenters. The van der Waals surface area contributed by atoms with Crippen LogP contribution in [0.5, 0.6) is 0 Å². The molecule has 2 fully saturated rings. The summed E-state index contributed by atoms with van der Waals surface area (Å²) >= 11 is 5.93. The molecule has 1 aromatic carbocycles. The number of carboxylic acid groups (broad SMARTS) is 1. The van der Waals surface area contributed by atoms with Crippen molar-refractivity contribution < 1.29 is 24.1 Å². The molecule has 0 amide bonds. The van der Waals surface area contributed by atoms with E-state index in [0.717, 1.165) is 29.9 Å². The first-order valence-corrected chi connectivity index (χ1v) is 12.5. The van der Waals surface area contributed by atoms with Crippen molar-refractivity contribution >= 4 is 17.6 Å². The molecule has 0 radical (unpaired) electrons. The van der Waals surface area contributed by atoms with Crippen LogP contribution in [0.15, 0.2) is 59.7 Å².